The van der Waals surface area contributed by atoms with E-state index in [0.717, 1.165) is 18.3 Å². The summed E-state index contributed by atoms with van der Waals surface area (Å²) in [4.78, 5) is 14.7. The molecule has 0 fully saturated rings. The Hall–Kier alpha value is -3.87. The molecule has 0 saturated carbocycles. The van der Waals surface area contributed by atoms with Crippen LogP contribution in [0.4, 0.5) is 29.2 Å². The number of aryl methyl sites for hydroxylation is 1. The molecule has 33 heavy (non-hydrogen) atoms. The molecule has 3 N–H and O–H groups in total. The van der Waals surface area contributed by atoms with Crippen LogP contribution < -0.4 is 10.5 Å². The van der Waals surface area contributed by atoms with Crippen molar-refractivity contribution in [1.82, 2.24) is 19.9 Å². The van der Waals surface area contributed by atoms with E-state index in [1.54, 1.807) is 13.0 Å². The van der Waals surface area contributed by atoms with Gasteiger partial charge in [-0.05, 0) is 36.8 Å². The smallest absolute Gasteiger partial charge is 0.368 e. The van der Waals surface area contributed by atoms with Crippen LogP contribution in [0.1, 0.15) is 11.1 Å². The van der Waals surface area contributed by atoms with E-state index in [4.69, 9.17) is 5.73 Å². The fraction of sp³-hybridized carbons (Fsp3) is 0.100. The molecular formula is C20H14F4N6O2S. The number of hydrogen-bond acceptors (Lipinski definition) is 7. The number of rotatable bonds is 4. The maximum absolute atomic E-state index is 14.7. The second-order valence-electron chi connectivity index (χ2n) is 6.96. The topological polar surface area (TPSA) is 124 Å². The van der Waals surface area contributed by atoms with Crippen molar-refractivity contribution < 1.29 is 26.0 Å². The number of sulfonamides is 1. The normalized spacial score (nSPS) is 12.2. The fourth-order valence-electron chi connectivity index (χ4n) is 3.13. The van der Waals surface area contributed by atoms with Gasteiger partial charge in [-0.25, -0.2) is 27.8 Å². The van der Waals surface area contributed by atoms with Crippen LogP contribution in [0, 0.1) is 12.7 Å². The van der Waals surface area contributed by atoms with Gasteiger partial charge in [0.25, 0.3) is 10.0 Å². The molecule has 170 valence electrons. The molecule has 0 aliphatic heterocycles. The summed E-state index contributed by atoms with van der Waals surface area (Å²) in [6.45, 7) is 1.75. The molecule has 0 bridgehead atoms. The number of benzene rings is 1. The van der Waals surface area contributed by atoms with E-state index < -0.39 is 38.2 Å². The van der Waals surface area contributed by atoms with Crippen LogP contribution in [0.3, 0.4) is 0 Å². The van der Waals surface area contributed by atoms with Crippen molar-refractivity contribution in [2.75, 3.05) is 10.5 Å². The van der Waals surface area contributed by atoms with Crippen molar-refractivity contribution in [2.45, 2.75) is 18.0 Å². The summed E-state index contributed by atoms with van der Waals surface area (Å²) in [5, 5.41) is 0. The number of hydrogen-bond donors (Lipinski definition) is 2. The van der Waals surface area contributed by atoms with Crippen molar-refractivity contribution in [3.63, 3.8) is 0 Å². The third kappa shape index (κ3) is 4.39. The summed E-state index contributed by atoms with van der Waals surface area (Å²) in [6.07, 6.45) is -2.16. The van der Waals surface area contributed by atoms with Gasteiger partial charge in [0.15, 0.2) is 0 Å². The average molecular weight is 478 g/mol. The standard InChI is InChI=1S/C20H14F4N6O2S/c1-10-6-15(28-16-8-27-19(25)29-18(10)16)11-2-3-14(13(21)7-11)30-33(31,32)17-9-26-5-4-12(17)20(22,23)24/h2-9,30H,1H3,(H2,25,27,29). The summed E-state index contributed by atoms with van der Waals surface area (Å²) < 4.78 is 81.2. The van der Waals surface area contributed by atoms with Crippen LogP contribution >= 0.6 is 0 Å². The van der Waals surface area contributed by atoms with Crippen LogP contribution in [0.25, 0.3) is 22.3 Å². The number of nitrogens with two attached hydrogens (primary N) is 1. The number of nitrogens with one attached hydrogen (secondary N) is 1. The number of aromatic nitrogens is 4. The first kappa shape index (κ1) is 22.3. The predicted octanol–water partition coefficient (Wildman–Crippen LogP) is 3.94. The molecule has 0 atom stereocenters. The number of anilines is 2. The summed E-state index contributed by atoms with van der Waals surface area (Å²) in [5.41, 5.74) is 5.92. The Labute approximate surface area is 184 Å². The highest BCUT2D eigenvalue weighted by molar-refractivity contribution is 7.92. The van der Waals surface area contributed by atoms with E-state index in [1.807, 2.05) is 4.72 Å². The molecule has 13 heteroatoms. The quantitative estimate of drug-likeness (QED) is 0.426. The third-order valence-electron chi connectivity index (χ3n) is 4.64. The zero-order valence-corrected chi connectivity index (χ0v) is 17.5. The number of pyridine rings is 2. The second kappa shape index (κ2) is 7.92. The summed E-state index contributed by atoms with van der Waals surface area (Å²) in [5.74, 6) is -0.938. The molecule has 8 nitrogen and oxygen atoms in total. The number of fused-ring (bicyclic) bond motifs is 1. The molecular weight excluding hydrogens is 464 g/mol. The molecule has 0 amide bonds. The number of halogens is 4. The Kier molecular flexibility index (Phi) is 5.36. The molecule has 0 aliphatic rings. The number of nitrogen functional groups attached to an aromatic ring is 1. The van der Waals surface area contributed by atoms with Crippen LogP contribution in [-0.4, -0.2) is 28.4 Å². The van der Waals surface area contributed by atoms with Crippen LogP contribution in [0.5, 0.6) is 0 Å². The molecule has 3 aromatic heterocycles. The van der Waals surface area contributed by atoms with Crippen molar-refractivity contribution >= 4 is 32.7 Å². The van der Waals surface area contributed by atoms with Gasteiger partial charge in [0.1, 0.15) is 16.2 Å². The Morgan fingerprint density at radius 3 is 2.52 bits per heavy atom. The fourth-order valence-corrected chi connectivity index (χ4v) is 4.37. The molecule has 0 aliphatic carbocycles. The van der Waals surface area contributed by atoms with E-state index >= 15 is 0 Å². The average Bonchev–Trinajstić information content (AvgIpc) is 2.75. The largest absolute Gasteiger partial charge is 0.417 e. The van der Waals surface area contributed by atoms with E-state index in [1.165, 1.54) is 12.3 Å². The molecule has 1 aromatic carbocycles. The van der Waals surface area contributed by atoms with E-state index in [0.29, 0.717) is 40.1 Å². The first-order valence-electron chi connectivity index (χ1n) is 9.19. The molecule has 3 heterocycles. The minimum absolute atomic E-state index is 0.0742. The molecule has 0 saturated heterocycles. The SMILES string of the molecule is Cc1cc(-c2ccc(NS(=O)(=O)c3cnccc3C(F)(F)F)c(F)c2)nc2cnc(N)nc12. The molecule has 0 unspecified atom stereocenters. The van der Waals surface area contributed by atoms with Gasteiger partial charge in [0.05, 0.1) is 28.7 Å². The van der Waals surface area contributed by atoms with Gasteiger partial charge in [-0.1, -0.05) is 6.07 Å². The van der Waals surface area contributed by atoms with Crippen molar-refractivity contribution in [3.8, 4) is 11.3 Å². The molecule has 0 radical (unpaired) electrons. The van der Waals surface area contributed by atoms with Crippen LogP contribution in [-0.2, 0) is 16.2 Å². The van der Waals surface area contributed by atoms with Crippen molar-refractivity contribution in [3.05, 3.63) is 65.9 Å². The van der Waals surface area contributed by atoms with Gasteiger partial charge in [-0.3, -0.25) is 9.71 Å². The molecule has 4 aromatic rings. The number of alkyl halides is 3. The molecule has 0 spiro atoms. The first-order valence-corrected chi connectivity index (χ1v) is 10.7. The highest BCUT2D eigenvalue weighted by Gasteiger charge is 2.37. The lowest BCUT2D eigenvalue weighted by Crippen LogP contribution is -2.19. The Morgan fingerprint density at radius 1 is 1.06 bits per heavy atom. The van der Waals surface area contributed by atoms with Gasteiger partial charge in [0.2, 0.25) is 5.95 Å². The zero-order chi connectivity index (χ0) is 24.0. The Morgan fingerprint density at radius 2 is 1.82 bits per heavy atom. The van der Waals surface area contributed by atoms with Crippen molar-refractivity contribution in [2.24, 2.45) is 0 Å². The summed E-state index contributed by atoms with van der Waals surface area (Å²) >= 11 is 0. The summed E-state index contributed by atoms with van der Waals surface area (Å²) in [7, 11) is -4.78. The lowest BCUT2D eigenvalue weighted by Gasteiger charge is -2.14. The maximum atomic E-state index is 14.7. The Bertz CT molecular complexity index is 1490. The highest BCUT2D eigenvalue weighted by Crippen LogP contribution is 2.34. The van der Waals surface area contributed by atoms with Gasteiger partial charge in [0, 0.05) is 18.0 Å². The van der Waals surface area contributed by atoms with Crippen molar-refractivity contribution in [1.29, 1.82) is 0 Å². The molecule has 4 rings (SSSR count). The monoisotopic (exact) mass is 478 g/mol. The van der Waals surface area contributed by atoms with Crippen LogP contribution in [0.15, 0.2) is 53.8 Å². The lowest BCUT2D eigenvalue weighted by molar-refractivity contribution is -0.139. The minimum Gasteiger partial charge on any atom is -0.368 e. The lowest BCUT2D eigenvalue weighted by atomic mass is 10.1. The zero-order valence-electron chi connectivity index (χ0n) is 16.7. The van der Waals surface area contributed by atoms with E-state index in [2.05, 4.69) is 19.9 Å². The van der Waals surface area contributed by atoms with Gasteiger partial charge < -0.3 is 5.73 Å². The van der Waals surface area contributed by atoms with Crippen LogP contribution in [0.2, 0.25) is 0 Å². The predicted molar refractivity (Wildman–Crippen MR) is 112 cm³/mol. The van der Waals surface area contributed by atoms with Gasteiger partial charge >= 0.3 is 6.18 Å². The first-order chi connectivity index (χ1) is 15.5. The minimum atomic E-state index is -4.94. The second-order valence-corrected chi connectivity index (χ2v) is 8.61. The summed E-state index contributed by atoms with van der Waals surface area (Å²) in [6, 6.07) is 5.64. The van der Waals surface area contributed by atoms with Gasteiger partial charge in [-0.15, -0.1) is 0 Å². The Balaban J connectivity index is 1.70. The van der Waals surface area contributed by atoms with E-state index in [9.17, 15) is 26.0 Å². The highest BCUT2D eigenvalue weighted by atomic mass is 32.2. The third-order valence-corrected chi connectivity index (χ3v) is 6.04. The number of nitrogens with zero attached hydrogens (tertiary/aromatic N) is 4. The maximum Gasteiger partial charge on any atom is 0.417 e. The van der Waals surface area contributed by atoms with Gasteiger partial charge in [-0.2, -0.15) is 13.2 Å². The van der Waals surface area contributed by atoms with E-state index in [-0.39, 0.29) is 5.95 Å².